The summed E-state index contributed by atoms with van der Waals surface area (Å²) in [5, 5.41) is 2.12. The molecule has 0 fully saturated rings. The van der Waals surface area contributed by atoms with Crippen molar-refractivity contribution in [2.24, 2.45) is 0 Å². The summed E-state index contributed by atoms with van der Waals surface area (Å²) >= 11 is 0. The van der Waals surface area contributed by atoms with Gasteiger partial charge in [-0.1, -0.05) is 37.3 Å². The van der Waals surface area contributed by atoms with E-state index in [2.05, 4.69) is 83.2 Å². The third kappa shape index (κ3) is 2.64. The van der Waals surface area contributed by atoms with Gasteiger partial charge in [-0.05, 0) is 62.2 Å². The van der Waals surface area contributed by atoms with Crippen molar-refractivity contribution < 1.29 is 4.42 Å². The standard InChI is InChI=1S/C27H24N4O/c1-4-23-30(19-9-6-5-7-10-19)22-11-8-16-28-26(22)31(23)24-17(2)12-14-20-21-15-13-18(3)29-27(21)32-25(20)24/h5-16,23H,4H2,1-3H3. The molecule has 0 N–H and O–H groups in total. The molecule has 0 spiro atoms. The van der Waals surface area contributed by atoms with Crippen molar-refractivity contribution >= 4 is 44.9 Å². The molecule has 3 aromatic heterocycles. The number of aromatic nitrogens is 2. The third-order valence-electron chi connectivity index (χ3n) is 6.31. The SMILES string of the molecule is CCC1N(c2ccccc2)c2cccnc2N1c1c(C)ccc2c1oc1nc(C)ccc12. The molecular formula is C27H24N4O. The van der Waals surface area contributed by atoms with Crippen LogP contribution in [0.2, 0.25) is 0 Å². The van der Waals surface area contributed by atoms with E-state index in [0.29, 0.717) is 5.71 Å². The molecular weight excluding hydrogens is 396 g/mol. The number of hydrogen-bond donors (Lipinski definition) is 0. The summed E-state index contributed by atoms with van der Waals surface area (Å²) in [5.74, 6) is 0.948. The fraction of sp³-hybridized carbons (Fsp3) is 0.185. The second kappa shape index (κ2) is 7.09. The Morgan fingerprint density at radius 2 is 1.69 bits per heavy atom. The van der Waals surface area contributed by atoms with Gasteiger partial charge in [-0.3, -0.25) is 4.90 Å². The summed E-state index contributed by atoms with van der Waals surface area (Å²) < 4.78 is 6.41. The molecule has 5 aromatic rings. The maximum Gasteiger partial charge on any atom is 0.227 e. The first kappa shape index (κ1) is 18.9. The maximum atomic E-state index is 6.41. The maximum absolute atomic E-state index is 6.41. The normalized spacial score (nSPS) is 15.7. The van der Waals surface area contributed by atoms with Gasteiger partial charge < -0.3 is 9.32 Å². The van der Waals surface area contributed by atoms with E-state index in [9.17, 15) is 0 Å². The molecule has 6 rings (SSSR count). The van der Waals surface area contributed by atoms with Crippen LogP contribution >= 0.6 is 0 Å². The van der Waals surface area contributed by atoms with Crippen LogP contribution in [0.4, 0.5) is 22.9 Å². The van der Waals surface area contributed by atoms with Gasteiger partial charge in [-0.25, -0.2) is 9.97 Å². The number of anilines is 4. The number of furan rings is 1. The zero-order valence-electron chi connectivity index (χ0n) is 18.4. The van der Waals surface area contributed by atoms with Crippen LogP contribution in [0.5, 0.6) is 0 Å². The van der Waals surface area contributed by atoms with Gasteiger partial charge in [0.15, 0.2) is 11.4 Å². The lowest BCUT2D eigenvalue weighted by molar-refractivity contribution is 0.635. The second-order valence-corrected chi connectivity index (χ2v) is 8.33. The van der Waals surface area contributed by atoms with E-state index in [4.69, 9.17) is 9.40 Å². The summed E-state index contributed by atoms with van der Waals surface area (Å²) in [4.78, 5) is 14.2. The average Bonchev–Trinajstić information content (AvgIpc) is 3.34. The van der Waals surface area contributed by atoms with Crippen molar-refractivity contribution in [1.82, 2.24) is 9.97 Å². The minimum Gasteiger partial charge on any atom is -0.435 e. The summed E-state index contributed by atoms with van der Waals surface area (Å²) in [6.07, 6.45) is 2.86. The lowest BCUT2D eigenvalue weighted by Gasteiger charge is -2.32. The summed E-state index contributed by atoms with van der Waals surface area (Å²) in [7, 11) is 0. The van der Waals surface area contributed by atoms with E-state index < -0.39 is 0 Å². The molecule has 32 heavy (non-hydrogen) atoms. The molecule has 5 nitrogen and oxygen atoms in total. The van der Waals surface area contributed by atoms with E-state index >= 15 is 0 Å². The van der Waals surface area contributed by atoms with Crippen LogP contribution in [0.3, 0.4) is 0 Å². The fourth-order valence-electron chi connectivity index (χ4n) is 4.90. The lowest BCUT2D eigenvalue weighted by atomic mass is 10.1. The van der Waals surface area contributed by atoms with Gasteiger partial charge >= 0.3 is 0 Å². The molecule has 0 radical (unpaired) electrons. The quantitative estimate of drug-likeness (QED) is 0.314. The fourth-order valence-corrected chi connectivity index (χ4v) is 4.90. The molecule has 4 heterocycles. The second-order valence-electron chi connectivity index (χ2n) is 8.33. The molecule has 0 amide bonds. The first-order chi connectivity index (χ1) is 15.7. The Bertz CT molecular complexity index is 1460. The predicted molar refractivity (Wildman–Crippen MR) is 130 cm³/mol. The number of benzene rings is 2. The van der Waals surface area contributed by atoms with Gasteiger partial charge in [-0.2, -0.15) is 0 Å². The van der Waals surface area contributed by atoms with Crippen molar-refractivity contribution in [3.8, 4) is 0 Å². The highest BCUT2D eigenvalue weighted by atomic mass is 16.3. The van der Waals surface area contributed by atoms with Crippen LogP contribution in [0, 0.1) is 13.8 Å². The minimum absolute atomic E-state index is 0.0782. The van der Waals surface area contributed by atoms with Gasteiger partial charge in [0, 0.05) is 28.4 Å². The Kier molecular flexibility index (Phi) is 4.18. The van der Waals surface area contributed by atoms with Crippen molar-refractivity contribution in [3.05, 3.63) is 84.2 Å². The number of aryl methyl sites for hydroxylation is 2. The van der Waals surface area contributed by atoms with E-state index in [1.165, 1.54) is 0 Å². The van der Waals surface area contributed by atoms with Gasteiger partial charge in [0.25, 0.3) is 0 Å². The van der Waals surface area contributed by atoms with Crippen molar-refractivity contribution in [1.29, 1.82) is 0 Å². The molecule has 0 saturated carbocycles. The zero-order valence-corrected chi connectivity index (χ0v) is 18.4. The number of fused-ring (bicyclic) bond motifs is 4. The van der Waals surface area contributed by atoms with Crippen molar-refractivity contribution in [3.63, 3.8) is 0 Å². The van der Waals surface area contributed by atoms with Crippen molar-refractivity contribution in [2.75, 3.05) is 9.80 Å². The van der Waals surface area contributed by atoms with Gasteiger partial charge in [0.05, 0.1) is 11.4 Å². The van der Waals surface area contributed by atoms with Crippen LogP contribution in [0.25, 0.3) is 22.1 Å². The van der Waals surface area contributed by atoms with Crippen LogP contribution in [-0.2, 0) is 0 Å². The Labute approximate surface area is 186 Å². The predicted octanol–water partition coefficient (Wildman–Crippen LogP) is 7.02. The van der Waals surface area contributed by atoms with Crippen LogP contribution < -0.4 is 9.80 Å². The highest BCUT2D eigenvalue weighted by molar-refractivity contribution is 6.10. The molecule has 1 unspecified atom stereocenters. The molecule has 1 atom stereocenters. The van der Waals surface area contributed by atoms with E-state index in [-0.39, 0.29) is 6.17 Å². The smallest absolute Gasteiger partial charge is 0.227 e. The molecule has 0 aliphatic carbocycles. The molecule has 1 aliphatic heterocycles. The number of rotatable bonds is 3. The monoisotopic (exact) mass is 420 g/mol. The van der Waals surface area contributed by atoms with Crippen LogP contribution in [-0.4, -0.2) is 16.1 Å². The Morgan fingerprint density at radius 3 is 2.50 bits per heavy atom. The molecule has 2 aromatic carbocycles. The molecule has 158 valence electrons. The Balaban J connectivity index is 1.64. The third-order valence-corrected chi connectivity index (χ3v) is 6.31. The summed E-state index contributed by atoms with van der Waals surface area (Å²) in [5.41, 5.74) is 6.96. The van der Waals surface area contributed by atoms with Crippen molar-refractivity contribution in [2.45, 2.75) is 33.4 Å². The molecule has 0 bridgehead atoms. The minimum atomic E-state index is 0.0782. The first-order valence-electron chi connectivity index (χ1n) is 11.1. The highest BCUT2D eigenvalue weighted by Gasteiger charge is 2.39. The van der Waals surface area contributed by atoms with Crippen LogP contribution in [0.1, 0.15) is 24.6 Å². The molecule has 5 heteroatoms. The number of nitrogens with zero attached hydrogens (tertiary/aromatic N) is 4. The van der Waals surface area contributed by atoms with Crippen LogP contribution in [0.15, 0.2) is 77.3 Å². The lowest BCUT2D eigenvalue weighted by Crippen LogP contribution is -2.38. The van der Waals surface area contributed by atoms with Gasteiger partial charge in [-0.15, -0.1) is 0 Å². The Morgan fingerprint density at radius 1 is 0.875 bits per heavy atom. The number of para-hydroxylation sites is 1. The highest BCUT2D eigenvalue weighted by Crippen LogP contribution is 2.50. The average molecular weight is 421 g/mol. The van der Waals surface area contributed by atoms with E-state index in [1.807, 2.05) is 25.3 Å². The van der Waals surface area contributed by atoms with E-state index in [0.717, 1.165) is 56.9 Å². The first-order valence-corrected chi connectivity index (χ1v) is 11.1. The number of hydrogen-bond acceptors (Lipinski definition) is 5. The molecule has 1 aliphatic rings. The Hall–Kier alpha value is -3.86. The van der Waals surface area contributed by atoms with E-state index in [1.54, 1.807) is 0 Å². The summed E-state index contributed by atoms with van der Waals surface area (Å²) in [6, 6.07) is 23.1. The number of pyridine rings is 2. The molecule has 0 saturated heterocycles. The van der Waals surface area contributed by atoms with Gasteiger partial charge in [0.2, 0.25) is 5.71 Å². The van der Waals surface area contributed by atoms with Gasteiger partial charge in [0.1, 0.15) is 6.17 Å². The largest absolute Gasteiger partial charge is 0.435 e. The summed E-state index contributed by atoms with van der Waals surface area (Å²) in [6.45, 7) is 6.35. The zero-order chi connectivity index (χ0) is 21.8. The topological polar surface area (TPSA) is 45.4 Å².